The average Bonchev–Trinajstić information content (AvgIpc) is 2.52. The molecule has 0 fully saturated rings. The molecule has 0 unspecified atom stereocenters. The third kappa shape index (κ3) is 2.29. The summed E-state index contributed by atoms with van der Waals surface area (Å²) in [5.74, 6) is 0.744. The van der Waals surface area contributed by atoms with Crippen molar-refractivity contribution < 1.29 is 9.62 Å². The van der Waals surface area contributed by atoms with Gasteiger partial charge in [-0.05, 0) is 31.2 Å². The van der Waals surface area contributed by atoms with Gasteiger partial charge in [0.25, 0.3) is 0 Å². The maximum Gasteiger partial charge on any atom is 0.126 e. The molecule has 0 aliphatic heterocycles. The van der Waals surface area contributed by atoms with Crippen LogP contribution in [0.4, 0.5) is 0 Å². The Hall–Kier alpha value is -1.51. The molecule has 0 aromatic carbocycles. The van der Waals surface area contributed by atoms with E-state index in [0.717, 1.165) is 5.76 Å². The summed E-state index contributed by atoms with van der Waals surface area (Å²) in [7, 11) is 0. The molecule has 1 rings (SSSR count). The number of hydrogen-bond acceptors (Lipinski definition) is 3. The molecule has 1 N–H and O–H groups in total. The van der Waals surface area contributed by atoms with Crippen LogP contribution < -0.4 is 0 Å². The Morgan fingerprint density at radius 3 is 3.09 bits per heavy atom. The van der Waals surface area contributed by atoms with Crippen molar-refractivity contribution in [1.82, 2.24) is 0 Å². The molecule has 58 valence electrons. The first-order valence-electron chi connectivity index (χ1n) is 3.23. The van der Waals surface area contributed by atoms with Gasteiger partial charge >= 0.3 is 0 Å². The molecule has 0 radical (unpaired) electrons. The molecule has 3 heteroatoms. The minimum atomic E-state index is 0.543. The van der Waals surface area contributed by atoms with Crippen LogP contribution in [0, 0.1) is 0 Å². The molecule has 1 heterocycles. The van der Waals surface area contributed by atoms with Crippen molar-refractivity contribution in [2.75, 3.05) is 0 Å². The zero-order valence-electron chi connectivity index (χ0n) is 6.19. The lowest BCUT2D eigenvalue weighted by atomic mass is 10.3. The zero-order chi connectivity index (χ0) is 8.10. The first kappa shape index (κ1) is 7.60. The second kappa shape index (κ2) is 3.61. The highest BCUT2D eigenvalue weighted by molar-refractivity contribution is 5.95. The monoisotopic (exact) mass is 151 g/mol. The molecule has 11 heavy (non-hydrogen) atoms. The summed E-state index contributed by atoms with van der Waals surface area (Å²) in [6, 6.07) is 3.62. The molecular weight excluding hydrogens is 142 g/mol. The summed E-state index contributed by atoms with van der Waals surface area (Å²) in [6.07, 6.45) is 4.99. The summed E-state index contributed by atoms with van der Waals surface area (Å²) in [5, 5.41) is 11.2. The van der Waals surface area contributed by atoms with E-state index in [0.29, 0.717) is 5.71 Å². The van der Waals surface area contributed by atoms with Gasteiger partial charge in [-0.25, -0.2) is 0 Å². The van der Waals surface area contributed by atoms with E-state index in [1.807, 2.05) is 6.07 Å². The highest BCUT2D eigenvalue weighted by Gasteiger charge is 1.87. The summed E-state index contributed by atoms with van der Waals surface area (Å²) in [5.41, 5.74) is 0.543. The second-order valence-corrected chi connectivity index (χ2v) is 2.09. The third-order valence-corrected chi connectivity index (χ3v) is 1.19. The van der Waals surface area contributed by atoms with E-state index < -0.39 is 0 Å². The molecular formula is C8H9NO2. The molecule has 0 spiro atoms. The van der Waals surface area contributed by atoms with Crippen LogP contribution in [0.2, 0.25) is 0 Å². The minimum absolute atomic E-state index is 0.543. The normalized spacial score (nSPS) is 12.6. The van der Waals surface area contributed by atoms with Crippen molar-refractivity contribution in [3.05, 3.63) is 30.2 Å². The Morgan fingerprint density at radius 2 is 2.55 bits per heavy atom. The maximum atomic E-state index is 8.27. The van der Waals surface area contributed by atoms with Gasteiger partial charge in [0, 0.05) is 0 Å². The van der Waals surface area contributed by atoms with Crippen LogP contribution >= 0.6 is 0 Å². The van der Waals surface area contributed by atoms with Gasteiger partial charge in [-0.3, -0.25) is 0 Å². The van der Waals surface area contributed by atoms with Crippen LogP contribution in [0.1, 0.15) is 12.7 Å². The minimum Gasteiger partial charge on any atom is -0.465 e. The third-order valence-electron chi connectivity index (χ3n) is 1.19. The fraction of sp³-hybridized carbons (Fsp3) is 0.125. The quantitative estimate of drug-likeness (QED) is 0.400. The molecule has 0 amide bonds. The largest absolute Gasteiger partial charge is 0.465 e. The molecule has 0 saturated heterocycles. The number of oxime groups is 1. The van der Waals surface area contributed by atoms with Crippen LogP contribution in [-0.4, -0.2) is 10.9 Å². The smallest absolute Gasteiger partial charge is 0.126 e. The first-order chi connectivity index (χ1) is 5.33. The lowest BCUT2D eigenvalue weighted by Crippen LogP contribution is -1.81. The topological polar surface area (TPSA) is 45.7 Å². The van der Waals surface area contributed by atoms with Crippen molar-refractivity contribution in [2.45, 2.75) is 6.92 Å². The molecule has 0 bridgehead atoms. The number of allylic oxidation sites excluding steroid dienone is 1. The summed E-state index contributed by atoms with van der Waals surface area (Å²) in [6.45, 7) is 1.69. The van der Waals surface area contributed by atoms with Crippen molar-refractivity contribution >= 4 is 11.8 Å². The molecule has 0 saturated carbocycles. The van der Waals surface area contributed by atoms with Crippen molar-refractivity contribution in [1.29, 1.82) is 0 Å². The van der Waals surface area contributed by atoms with Gasteiger partial charge in [0.2, 0.25) is 0 Å². The number of furan rings is 1. The van der Waals surface area contributed by atoms with Crippen LogP contribution in [0.25, 0.3) is 6.08 Å². The Labute approximate surface area is 64.6 Å². The Kier molecular flexibility index (Phi) is 2.49. The molecule has 1 aromatic heterocycles. The number of nitrogens with zero attached hydrogens (tertiary/aromatic N) is 1. The van der Waals surface area contributed by atoms with E-state index in [-0.39, 0.29) is 0 Å². The molecule has 0 atom stereocenters. The SMILES string of the molecule is CC(/C=C\c1ccco1)=NO. The second-order valence-electron chi connectivity index (χ2n) is 2.09. The van der Waals surface area contributed by atoms with Gasteiger partial charge in [-0.1, -0.05) is 5.16 Å². The van der Waals surface area contributed by atoms with Gasteiger partial charge in [0.15, 0.2) is 0 Å². The summed E-state index contributed by atoms with van der Waals surface area (Å²) >= 11 is 0. The zero-order valence-corrected chi connectivity index (χ0v) is 6.19. The summed E-state index contributed by atoms with van der Waals surface area (Å²) in [4.78, 5) is 0. The van der Waals surface area contributed by atoms with Crippen LogP contribution in [0.15, 0.2) is 34.0 Å². The van der Waals surface area contributed by atoms with Crippen molar-refractivity contribution in [3.63, 3.8) is 0 Å². The number of hydrogen-bond donors (Lipinski definition) is 1. The first-order valence-corrected chi connectivity index (χ1v) is 3.23. The summed E-state index contributed by atoms with van der Waals surface area (Å²) < 4.78 is 5.00. The lowest BCUT2D eigenvalue weighted by molar-refractivity contribution is 0.319. The van der Waals surface area contributed by atoms with Crippen LogP contribution in [0.3, 0.4) is 0 Å². The molecule has 1 aromatic rings. The van der Waals surface area contributed by atoms with Crippen LogP contribution in [-0.2, 0) is 0 Å². The predicted molar refractivity (Wildman–Crippen MR) is 42.6 cm³/mol. The van der Waals surface area contributed by atoms with Gasteiger partial charge in [-0.2, -0.15) is 0 Å². The molecule has 0 aliphatic rings. The van der Waals surface area contributed by atoms with E-state index in [4.69, 9.17) is 9.62 Å². The van der Waals surface area contributed by atoms with Crippen molar-refractivity contribution in [2.24, 2.45) is 5.16 Å². The molecule has 3 nitrogen and oxygen atoms in total. The Bertz CT molecular complexity index is 260. The predicted octanol–water partition coefficient (Wildman–Crippen LogP) is 2.14. The van der Waals surface area contributed by atoms with E-state index in [2.05, 4.69) is 5.16 Å². The fourth-order valence-corrected chi connectivity index (χ4v) is 0.622. The van der Waals surface area contributed by atoms with E-state index in [9.17, 15) is 0 Å². The van der Waals surface area contributed by atoms with E-state index in [1.165, 1.54) is 0 Å². The fourth-order valence-electron chi connectivity index (χ4n) is 0.622. The standard InChI is InChI=1S/C8H9NO2/c1-7(9-10)4-5-8-3-2-6-11-8/h2-6,10H,1H3/b5-4-,9-7?. The van der Waals surface area contributed by atoms with E-state index >= 15 is 0 Å². The van der Waals surface area contributed by atoms with Gasteiger partial charge in [-0.15, -0.1) is 0 Å². The average molecular weight is 151 g/mol. The maximum absolute atomic E-state index is 8.27. The highest BCUT2D eigenvalue weighted by atomic mass is 16.4. The lowest BCUT2D eigenvalue weighted by Gasteiger charge is -1.83. The number of rotatable bonds is 2. The molecule has 0 aliphatic carbocycles. The Morgan fingerprint density at radius 1 is 1.73 bits per heavy atom. The highest BCUT2D eigenvalue weighted by Crippen LogP contribution is 2.01. The van der Waals surface area contributed by atoms with Gasteiger partial charge < -0.3 is 9.62 Å². The van der Waals surface area contributed by atoms with Gasteiger partial charge in [0.1, 0.15) is 5.76 Å². The van der Waals surface area contributed by atoms with E-state index in [1.54, 1.807) is 31.4 Å². The van der Waals surface area contributed by atoms with Gasteiger partial charge in [0.05, 0.1) is 12.0 Å². The Balaban J connectivity index is 2.63. The van der Waals surface area contributed by atoms with Crippen LogP contribution in [0.5, 0.6) is 0 Å². The van der Waals surface area contributed by atoms with Crippen molar-refractivity contribution in [3.8, 4) is 0 Å².